The van der Waals surface area contributed by atoms with Crippen LogP contribution in [0.3, 0.4) is 0 Å². The zero-order valence-electron chi connectivity index (χ0n) is 10.5. The Morgan fingerprint density at radius 3 is 0.579 bits per heavy atom. The molecule has 0 aliphatic rings. The standard InChI is InChI=1S/3C6H5.Pd/c3*1-2-4-6-5-3-1;/h3*1-5H;/q3*-1;. The van der Waals surface area contributed by atoms with Gasteiger partial charge in [0.05, 0.1) is 0 Å². The first-order valence-electron chi connectivity index (χ1n) is 5.73. The second-order valence-corrected chi connectivity index (χ2v) is 3.23. The van der Waals surface area contributed by atoms with Crippen molar-refractivity contribution in [2.45, 2.75) is 0 Å². The van der Waals surface area contributed by atoms with Crippen LogP contribution in [0.1, 0.15) is 0 Å². The van der Waals surface area contributed by atoms with Crippen molar-refractivity contribution in [3.8, 4) is 0 Å². The Bertz CT molecular complexity index is 296. The molecule has 0 radical (unpaired) electrons. The predicted molar refractivity (Wildman–Crippen MR) is 75.8 cm³/mol. The molecule has 0 fully saturated rings. The van der Waals surface area contributed by atoms with Crippen molar-refractivity contribution in [2.75, 3.05) is 0 Å². The second-order valence-electron chi connectivity index (χ2n) is 3.23. The summed E-state index contributed by atoms with van der Waals surface area (Å²) in [5.74, 6) is 0. The molecule has 0 aromatic heterocycles. The number of benzene rings is 3. The van der Waals surface area contributed by atoms with Crippen molar-refractivity contribution in [2.24, 2.45) is 0 Å². The summed E-state index contributed by atoms with van der Waals surface area (Å²) in [4.78, 5) is 0. The van der Waals surface area contributed by atoms with Gasteiger partial charge in [0.2, 0.25) is 0 Å². The predicted octanol–water partition coefficient (Wildman–Crippen LogP) is 4.46. The van der Waals surface area contributed by atoms with Crippen molar-refractivity contribution in [3.63, 3.8) is 0 Å². The van der Waals surface area contributed by atoms with Crippen LogP contribution in [0.25, 0.3) is 0 Å². The molecule has 0 N–H and O–H groups in total. The van der Waals surface area contributed by atoms with Gasteiger partial charge in [0.25, 0.3) is 0 Å². The molecule has 0 bridgehead atoms. The van der Waals surface area contributed by atoms with Crippen LogP contribution in [-0.4, -0.2) is 0 Å². The third-order valence-corrected chi connectivity index (χ3v) is 1.82. The number of hydrogen-bond acceptors (Lipinski definition) is 0. The molecule has 1 heteroatoms. The van der Waals surface area contributed by atoms with Crippen molar-refractivity contribution < 1.29 is 20.4 Å². The average Bonchev–Trinajstić information content (AvgIpc) is 2.54. The quantitative estimate of drug-likeness (QED) is 0.420. The van der Waals surface area contributed by atoms with Gasteiger partial charge in [0.1, 0.15) is 0 Å². The minimum Gasteiger partial charge on any atom is -0.184 e. The van der Waals surface area contributed by atoms with Gasteiger partial charge in [-0.1, -0.05) is 0 Å². The van der Waals surface area contributed by atoms with Crippen LogP contribution in [0.5, 0.6) is 0 Å². The second kappa shape index (κ2) is 14.4. The Kier molecular flexibility index (Phi) is 13.1. The molecular weight excluding hydrogens is 323 g/mol. The van der Waals surface area contributed by atoms with Gasteiger partial charge in [-0.05, 0) is 0 Å². The van der Waals surface area contributed by atoms with Crippen LogP contribution >= 0.6 is 0 Å². The Hall–Kier alpha value is -1.68. The van der Waals surface area contributed by atoms with E-state index in [4.69, 9.17) is 0 Å². The van der Waals surface area contributed by atoms with Crippen LogP contribution in [-0.2, 0) is 20.4 Å². The summed E-state index contributed by atoms with van der Waals surface area (Å²) in [7, 11) is 0. The van der Waals surface area contributed by atoms with Crippen molar-refractivity contribution in [3.05, 3.63) is 109 Å². The molecule has 3 rings (SSSR count). The van der Waals surface area contributed by atoms with Gasteiger partial charge in [-0.3, -0.25) is 0 Å². The summed E-state index contributed by atoms with van der Waals surface area (Å²) in [5, 5.41) is 0. The largest absolute Gasteiger partial charge is 0.184 e. The minimum absolute atomic E-state index is 0. The summed E-state index contributed by atoms with van der Waals surface area (Å²) in [5.41, 5.74) is 0. The zero-order chi connectivity index (χ0) is 12.7. The van der Waals surface area contributed by atoms with Gasteiger partial charge in [0.15, 0.2) is 0 Å². The topological polar surface area (TPSA) is 0 Å². The van der Waals surface area contributed by atoms with E-state index >= 15 is 0 Å². The SMILES string of the molecule is [Pd].[c-]1ccccc1.[c-]1ccccc1.[c-]1ccccc1. The summed E-state index contributed by atoms with van der Waals surface area (Å²) in [6.07, 6.45) is 0. The van der Waals surface area contributed by atoms with Crippen molar-refractivity contribution in [1.82, 2.24) is 0 Å². The molecular formula is C18H15Pd-3. The van der Waals surface area contributed by atoms with Crippen LogP contribution in [0.15, 0.2) is 91.0 Å². The minimum atomic E-state index is 0. The average molecular weight is 338 g/mol. The maximum Gasteiger partial charge on any atom is 0 e. The summed E-state index contributed by atoms with van der Waals surface area (Å²) in [6, 6.07) is 37.5. The van der Waals surface area contributed by atoms with E-state index in [1.54, 1.807) is 0 Å². The normalized spacial score (nSPS) is 7.58. The smallest absolute Gasteiger partial charge is 0 e. The van der Waals surface area contributed by atoms with Gasteiger partial charge in [0, 0.05) is 20.4 Å². The molecule has 19 heavy (non-hydrogen) atoms. The third kappa shape index (κ3) is 12.6. The molecule has 3 aromatic carbocycles. The molecule has 0 saturated carbocycles. The maximum absolute atomic E-state index is 2.89. The number of rotatable bonds is 0. The van der Waals surface area contributed by atoms with E-state index in [1.165, 1.54) is 0 Å². The fourth-order valence-electron chi connectivity index (χ4n) is 1.03. The summed E-state index contributed by atoms with van der Waals surface area (Å²) in [6.45, 7) is 0. The van der Waals surface area contributed by atoms with Crippen LogP contribution in [0.2, 0.25) is 0 Å². The van der Waals surface area contributed by atoms with Gasteiger partial charge in [-0.25, -0.2) is 0 Å². The molecule has 0 unspecified atom stereocenters. The summed E-state index contributed by atoms with van der Waals surface area (Å²) >= 11 is 0. The fourth-order valence-corrected chi connectivity index (χ4v) is 1.03. The Labute approximate surface area is 129 Å². The number of hydrogen-bond donors (Lipinski definition) is 0. The van der Waals surface area contributed by atoms with E-state index in [9.17, 15) is 0 Å². The van der Waals surface area contributed by atoms with E-state index in [-0.39, 0.29) is 20.4 Å². The Balaban J connectivity index is 0.000000249. The van der Waals surface area contributed by atoms with E-state index in [2.05, 4.69) is 18.2 Å². The van der Waals surface area contributed by atoms with Gasteiger partial charge < -0.3 is 0 Å². The molecule has 0 aliphatic heterocycles. The molecule has 0 saturated heterocycles. The Morgan fingerprint density at radius 1 is 0.316 bits per heavy atom. The molecule has 0 aliphatic carbocycles. The third-order valence-electron chi connectivity index (χ3n) is 1.82. The molecule has 0 amide bonds. The summed E-state index contributed by atoms with van der Waals surface area (Å²) < 4.78 is 0. The fraction of sp³-hybridized carbons (Fsp3) is 0. The van der Waals surface area contributed by atoms with Gasteiger partial charge in [-0.2, -0.15) is 109 Å². The van der Waals surface area contributed by atoms with Gasteiger partial charge >= 0.3 is 0 Å². The molecule has 0 atom stereocenters. The van der Waals surface area contributed by atoms with Crippen molar-refractivity contribution >= 4 is 0 Å². The zero-order valence-corrected chi connectivity index (χ0v) is 12.0. The Morgan fingerprint density at radius 2 is 0.526 bits per heavy atom. The first-order valence-corrected chi connectivity index (χ1v) is 5.73. The monoisotopic (exact) mass is 337 g/mol. The van der Waals surface area contributed by atoms with Crippen LogP contribution < -0.4 is 0 Å². The molecule has 3 aromatic rings. The molecule has 0 nitrogen and oxygen atoms in total. The van der Waals surface area contributed by atoms with Gasteiger partial charge in [-0.15, -0.1) is 0 Å². The van der Waals surface area contributed by atoms with Crippen LogP contribution in [0, 0.1) is 18.2 Å². The molecule has 0 heterocycles. The van der Waals surface area contributed by atoms with E-state index < -0.39 is 0 Å². The first-order chi connectivity index (χ1) is 9.00. The van der Waals surface area contributed by atoms with E-state index in [0.717, 1.165) is 0 Å². The van der Waals surface area contributed by atoms with Crippen LogP contribution in [0.4, 0.5) is 0 Å². The van der Waals surface area contributed by atoms with E-state index in [1.807, 2.05) is 91.0 Å². The maximum atomic E-state index is 2.89. The van der Waals surface area contributed by atoms with E-state index in [0.29, 0.717) is 0 Å². The molecule has 0 spiro atoms. The first kappa shape index (κ1) is 17.3. The van der Waals surface area contributed by atoms with Crippen molar-refractivity contribution in [1.29, 1.82) is 0 Å². The molecule has 100 valence electrons.